The van der Waals surface area contributed by atoms with Crippen LogP contribution in [0.4, 0.5) is 0 Å². The molecule has 0 spiro atoms. The number of aromatic hydroxyl groups is 1. The molecule has 0 saturated carbocycles. The minimum absolute atomic E-state index is 0.435. The predicted octanol–water partition coefficient (Wildman–Crippen LogP) is 5.80. The van der Waals surface area contributed by atoms with Gasteiger partial charge in [0.1, 0.15) is 5.75 Å². The van der Waals surface area contributed by atoms with Crippen molar-refractivity contribution < 1.29 is 5.11 Å². The van der Waals surface area contributed by atoms with E-state index < -0.39 is 0 Å². The zero-order chi connectivity index (χ0) is 20.8. The molecule has 2 aliphatic carbocycles. The monoisotopic (exact) mass is 432 g/mol. The van der Waals surface area contributed by atoms with Crippen LogP contribution in [0.2, 0.25) is 0 Å². The molecule has 0 saturated heterocycles. The zero-order valence-electron chi connectivity index (χ0n) is 17.2. The number of rotatable bonds is 7. The van der Waals surface area contributed by atoms with Gasteiger partial charge in [0.15, 0.2) is 0 Å². The van der Waals surface area contributed by atoms with Gasteiger partial charge < -0.3 is 5.11 Å². The van der Waals surface area contributed by atoms with Crippen LogP contribution in [0.1, 0.15) is 29.5 Å². The number of phenols is 1. The fraction of sp³-hybridized carbons (Fsp3) is 0.259. The number of thiol groups is 1. The summed E-state index contributed by atoms with van der Waals surface area (Å²) in [7, 11) is 0.435. The molecule has 0 radical (unpaired) electrons. The Morgan fingerprint density at radius 1 is 0.833 bits per heavy atom. The van der Waals surface area contributed by atoms with Gasteiger partial charge in [-0.3, -0.25) is 0 Å². The van der Waals surface area contributed by atoms with Gasteiger partial charge in [0.05, 0.1) is 0 Å². The summed E-state index contributed by atoms with van der Waals surface area (Å²) >= 11 is 4.50. The fourth-order valence-corrected chi connectivity index (χ4v) is 5.97. The van der Waals surface area contributed by atoms with Crippen LogP contribution >= 0.6 is 21.2 Å². The van der Waals surface area contributed by atoms with Crippen LogP contribution in [0.5, 0.6) is 5.75 Å². The SMILES string of the molecule is Oc1c(CC2C=CC=CC2)cc(CC2C=CC=CC2)cc1Pc1ccccc1CS. The van der Waals surface area contributed by atoms with Gasteiger partial charge in [-0.15, -0.1) is 0 Å². The van der Waals surface area contributed by atoms with Gasteiger partial charge in [-0.25, -0.2) is 0 Å². The molecule has 0 heterocycles. The molecule has 0 bridgehead atoms. The van der Waals surface area contributed by atoms with Crippen molar-refractivity contribution in [1.29, 1.82) is 0 Å². The molecule has 3 atom stereocenters. The summed E-state index contributed by atoms with van der Waals surface area (Å²) in [6.07, 6.45) is 21.6. The van der Waals surface area contributed by atoms with Crippen molar-refractivity contribution in [1.82, 2.24) is 0 Å². The minimum Gasteiger partial charge on any atom is -0.507 e. The molecular weight excluding hydrogens is 403 g/mol. The van der Waals surface area contributed by atoms with E-state index in [1.165, 1.54) is 16.4 Å². The molecule has 2 aromatic carbocycles. The third-order valence-electron chi connectivity index (χ3n) is 5.82. The Morgan fingerprint density at radius 2 is 1.53 bits per heavy atom. The summed E-state index contributed by atoms with van der Waals surface area (Å²) in [6.45, 7) is 0. The molecule has 1 N–H and O–H groups in total. The van der Waals surface area contributed by atoms with Crippen LogP contribution in [0.3, 0.4) is 0 Å². The first-order valence-corrected chi connectivity index (χ1v) is 12.3. The molecule has 4 rings (SSSR count). The van der Waals surface area contributed by atoms with Crippen LogP contribution in [-0.4, -0.2) is 5.11 Å². The van der Waals surface area contributed by atoms with Crippen LogP contribution in [0, 0.1) is 11.8 Å². The van der Waals surface area contributed by atoms with Gasteiger partial charge in [0.2, 0.25) is 0 Å². The summed E-state index contributed by atoms with van der Waals surface area (Å²) in [5.41, 5.74) is 3.65. The molecule has 0 aliphatic heterocycles. The van der Waals surface area contributed by atoms with Crippen LogP contribution in [0.15, 0.2) is 85.0 Å². The Balaban J connectivity index is 1.65. The standard InChI is InChI=1S/C27H29OPS/c28-27-24(16-21-11-5-2-6-12-21)17-22(15-20-9-3-1-4-10-20)18-26(27)29-25-14-8-7-13-23(25)19-30/h1-9,11,13-14,17-18,20-21,28-30H,10,12,15-16,19H2. The first-order valence-electron chi connectivity index (χ1n) is 10.7. The van der Waals surface area contributed by atoms with E-state index in [0.717, 1.165) is 42.3 Å². The van der Waals surface area contributed by atoms with Gasteiger partial charge in [0, 0.05) is 11.1 Å². The fourth-order valence-electron chi connectivity index (χ4n) is 4.21. The summed E-state index contributed by atoms with van der Waals surface area (Å²) in [4.78, 5) is 0. The molecule has 0 aromatic heterocycles. The number of hydrogen-bond acceptors (Lipinski definition) is 2. The Morgan fingerprint density at radius 3 is 2.20 bits per heavy atom. The summed E-state index contributed by atoms with van der Waals surface area (Å²) < 4.78 is 0. The Kier molecular flexibility index (Phi) is 7.31. The molecule has 0 fully saturated rings. The topological polar surface area (TPSA) is 20.2 Å². The third kappa shape index (κ3) is 5.36. The van der Waals surface area contributed by atoms with Gasteiger partial charge >= 0.3 is 0 Å². The lowest BCUT2D eigenvalue weighted by Gasteiger charge is -2.20. The number of allylic oxidation sites excluding steroid dienone is 8. The van der Waals surface area contributed by atoms with E-state index in [9.17, 15) is 5.11 Å². The Bertz CT molecular complexity index is 1000. The second kappa shape index (κ2) is 10.3. The summed E-state index contributed by atoms with van der Waals surface area (Å²) in [6, 6.07) is 12.9. The third-order valence-corrected chi connectivity index (χ3v) is 7.57. The van der Waals surface area contributed by atoms with Crippen LogP contribution < -0.4 is 10.6 Å². The number of benzene rings is 2. The molecule has 154 valence electrons. The quantitative estimate of drug-likeness (QED) is 0.418. The van der Waals surface area contributed by atoms with E-state index >= 15 is 0 Å². The Hall–Kier alpha value is -2.02. The van der Waals surface area contributed by atoms with E-state index in [1.54, 1.807) is 0 Å². The highest BCUT2D eigenvalue weighted by molar-refractivity contribution is 7.79. The van der Waals surface area contributed by atoms with E-state index in [1.807, 2.05) is 0 Å². The minimum atomic E-state index is 0.435. The molecule has 2 aromatic rings. The van der Waals surface area contributed by atoms with E-state index in [2.05, 4.69) is 97.6 Å². The van der Waals surface area contributed by atoms with Crippen molar-refractivity contribution in [2.75, 3.05) is 0 Å². The normalized spacial score (nSPS) is 20.4. The van der Waals surface area contributed by atoms with Crippen molar-refractivity contribution in [3.63, 3.8) is 0 Å². The van der Waals surface area contributed by atoms with E-state index in [4.69, 9.17) is 0 Å². The molecular formula is C27H29OPS. The highest BCUT2D eigenvalue weighted by atomic mass is 32.1. The average Bonchev–Trinajstić information content (AvgIpc) is 2.78. The Labute approximate surface area is 187 Å². The summed E-state index contributed by atoms with van der Waals surface area (Å²) in [5, 5.41) is 13.5. The van der Waals surface area contributed by atoms with Crippen LogP contribution in [-0.2, 0) is 18.6 Å². The highest BCUT2D eigenvalue weighted by Gasteiger charge is 2.17. The maximum Gasteiger partial charge on any atom is 0.126 e. The molecule has 3 unspecified atom stereocenters. The van der Waals surface area contributed by atoms with Gasteiger partial charge in [0.25, 0.3) is 0 Å². The van der Waals surface area contributed by atoms with E-state index in [0.29, 0.717) is 26.2 Å². The van der Waals surface area contributed by atoms with Gasteiger partial charge in [-0.05, 0) is 65.6 Å². The second-order valence-electron chi connectivity index (χ2n) is 8.12. The first kappa shape index (κ1) is 21.2. The lowest BCUT2D eigenvalue weighted by Crippen LogP contribution is -2.13. The molecule has 3 heteroatoms. The van der Waals surface area contributed by atoms with Crippen LogP contribution in [0.25, 0.3) is 0 Å². The van der Waals surface area contributed by atoms with Crippen molar-refractivity contribution in [3.05, 3.63) is 102 Å². The number of hydrogen-bond donors (Lipinski definition) is 2. The lowest BCUT2D eigenvalue weighted by atomic mass is 9.89. The maximum absolute atomic E-state index is 11.2. The predicted molar refractivity (Wildman–Crippen MR) is 135 cm³/mol. The first-order chi connectivity index (χ1) is 14.7. The molecule has 1 nitrogen and oxygen atoms in total. The molecule has 0 amide bonds. The largest absolute Gasteiger partial charge is 0.507 e. The maximum atomic E-state index is 11.2. The number of phenolic OH excluding ortho intramolecular Hbond substituents is 1. The van der Waals surface area contributed by atoms with Crippen molar-refractivity contribution >= 4 is 31.8 Å². The summed E-state index contributed by atoms with van der Waals surface area (Å²) in [5.74, 6) is 2.18. The van der Waals surface area contributed by atoms with Crippen molar-refractivity contribution in [2.24, 2.45) is 11.8 Å². The van der Waals surface area contributed by atoms with Gasteiger partial charge in [-0.2, -0.15) is 12.6 Å². The lowest BCUT2D eigenvalue weighted by molar-refractivity contribution is 0.467. The van der Waals surface area contributed by atoms with Crippen molar-refractivity contribution in [2.45, 2.75) is 31.4 Å². The van der Waals surface area contributed by atoms with Crippen molar-refractivity contribution in [3.8, 4) is 5.75 Å². The zero-order valence-corrected chi connectivity index (χ0v) is 19.1. The van der Waals surface area contributed by atoms with Gasteiger partial charge in [-0.1, -0.05) is 87.5 Å². The highest BCUT2D eigenvalue weighted by Crippen LogP contribution is 2.30. The molecule has 30 heavy (non-hydrogen) atoms. The molecule has 2 aliphatic rings. The smallest absolute Gasteiger partial charge is 0.126 e. The van der Waals surface area contributed by atoms with E-state index in [-0.39, 0.29) is 0 Å². The average molecular weight is 433 g/mol. The second-order valence-corrected chi connectivity index (χ2v) is 9.76.